The first-order valence-electron chi connectivity index (χ1n) is 6.24. The maximum atomic E-state index is 12.1. The standard InChI is InChI=1S/C14H18BrNO/c1-10-6-2-5-9-13(10)16-14(17)11-7-3-4-8-12(11)15/h3-4,7-8,10,13H,2,5-6,9H2,1H3,(H,16,17). The topological polar surface area (TPSA) is 29.1 Å². The van der Waals surface area contributed by atoms with Crippen molar-refractivity contribution >= 4 is 21.8 Å². The van der Waals surface area contributed by atoms with E-state index in [-0.39, 0.29) is 5.91 Å². The second kappa shape index (κ2) is 5.67. The third-order valence-corrected chi connectivity index (χ3v) is 4.24. The average Bonchev–Trinajstić information content (AvgIpc) is 2.32. The van der Waals surface area contributed by atoms with Gasteiger partial charge in [-0.1, -0.05) is 31.9 Å². The molecule has 2 rings (SSSR count). The molecule has 2 atom stereocenters. The molecule has 1 N–H and O–H groups in total. The predicted octanol–water partition coefficient (Wildman–Crippen LogP) is 3.76. The summed E-state index contributed by atoms with van der Waals surface area (Å²) in [7, 11) is 0. The fraction of sp³-hybridized carbons (Fsp3) is 0.500. The molecule has 0 saturated heterocycles. The average molecular weight is 296 g/mol. The van der Waals surface area contributed by atoms with Gasteiger partial charge in [-0.05, 0) is 46.8 Å². The molecule has 0 bridgehead atoms. The molecule has 3 heteroatoms. The molecule has 0 radical (unpaired) electrons. The first-order valence-corrected chi connectivity index (χ1v) is 7.03. The van der Waals surface area contributed by atoms with Gasteiger partial charge in [-0.2, -0.15) is 0 Å². The summed E-state index contributed by atoms with van der Waals surface area (Å²) in [6, 6.07) is 7.91. The van der Waals surface area contributed by atoms with Gasteiger partial charge in [0.15, 0.2) is 0 Å². The highest BCUT2D eigenvalue weighted by molar-refractivity contribution is 9.10. The van der Waals surface area contributed by atoms with Gasteiger partial charge in [-0.25, -0.2) is 0 Å². The summed E-state index contributed by atoms with van der Waals surface area (Å²) in [5.41, 5.74) is 0.727. The van der Waals surface area contributed by atoms with Crippen LogP contribution in [0.25, 0.3) is 0 Å². The van der Waals surface area contributed by atoms with Gasteiger partial charge in [0.05, 0.1) is 5.56 Å². The summed E-state index contributed by atoms with van der Waals surface area (Å²) in [4.78, 5) is 12.1. The Hall–Kier alpha value is -0.830. The molecular formula is C14H18BrNO. The van der Waals surface area contributed by atoms with Crippen molar-refractivity contribution in [1.29, 1.82) is 0 Å². The van der Waals surface area contributed by atoms with Gasteiger partial charge in [0, 0.05) is 10.5 Å². The molecule has 1 aliphatic rings. The van der Waals surface area contributed by atoms with E-state index in [1.807, 2.05) is 24.3 Å². The fourth-order valence-corrected chi connectivity index (χ4v) is 2.89. The minimum Gasteiger partial charge on any atom is -0.349 e. The Bertz CT molecular complexity index is 405. The highest BCUT2D eigenvalue weighted by Crippen LogP contribution is 2.24. The van der Waals surface area contributed by atoms with E-state index in [1.165, 1.54) is 19.3 Å². The lowest BCUT2D eigenvalue weighted by molar-refractivity contribution is 0.0909. The molecule has 1 amide bonds. The van der Waals surface area contributed by atoms with E-state index >= 15 is 0 Å². The van der Waals surface area contributed by atoms with Crippen LogP contribution in [0, 0.1) is 5.92 Å². The molecule has 1 aromatic carbocycles. The lowest BCUT2D eigenvalue weighted by Crippen LogP contribution is -2.41. The number of hydrogen-bond donors (Lipinski definition) is 1. The molecule has 1 aliphatic carbocycles. The monoisotopic (exact) mass is 295 g/mol. The van der Waals surface area contributed by atoms with Crippen LogP contribution in [0.4, 0.5) is 0 Å². The highest BCUT2D eigenvalue weighted by Gasteiger charge is 2.23. The van der Waals surface area contributed by atoms with Crippen molar-refractivity contribution in [3.8, 4) is 0 Å². The quantitative estimate of drug-likeness (QED) is 0.884. The molecule has 1 fully saturated rings. The molecular weight excluding hydrogens is 278 g/mol. The minimum absolute atomic E-state index is 0.0382. The van der Waals surface area contributed by atoms with E-state index in [4.69, 9.17) is 0 Å². The summed E-state index contributed by atoms with van der Waals surface area (Å²) in [6.07, 6.45) is 4.85. The lowest BCUT2D eigenvalue weighted by Gasteiger charge is -2.29. The van der Waals surface area contributed by atoms with Crippen LogP contribution in [-0.2, 0) is 0 Å². The van der Waals surface area contributed by atoms with Crippen LogP contribution in [0.15, 0.2) is 28.7 Å². The second-order valence-corrected chi connectivity index (χ2v) is 5.68. The van der Waals surface area contributed by atoms with Gasteiger partial charge in [-0.3, -0.25) is 4.79 Å². The van der Waals surface area contributed by atoms with Crippen LogP contribution in [0.5, 0.6) is 0 Å². The molecule has 0 aliphatic heterocycles. The Morgan fingerprint density at radius 3 is 2.71 bits per heavy atom. The normalized spacial score (nSPS) is 24.4. The fourth-order valence-electron chi connectivity index (χ4n) is 2.42. The molecule has 2 nitrogen and oxygen atoms in total. The summed E-state index contributed by atoms with van der Waals surface area (Å²) in [5, 5.41) is 3.16. The molecule has 1 saturated carbocycles. The minimum atomic E-state index is 0.0382. The second-order valence-electron chi connectivity index (χ2n) is 4.82. The molecule has 0 aromatic heterocycles. The third kappa shape index (κ3) is 3.09. The van der Waals surface area contributed by atoms with Crippen molar-refractivity contribution in [3.63, 3.8) is 0 Å². The Balaban J connectivity index is 2.04. The van der Waals surface area contributed by atoms with Gasteiger partial charge in [-0.15, -0.1) is 0 Å². The van der Waals surface area contributed by atoms with Crippen molar-refractivity contribution in [1.82, 2.24) is 5.32 Å². The number of rotatable bonds is 2. The number of carbonyl (C=O) groups is 1. The SMILES string of the molecule is CC1CCCCC1NC(=O)c1ccccc1Br. The van der Waals surface area contributed by atoms with Crippen molar-refractivity contribution in [2.24, 2.45) is 5.92 Å². The first kappa shape index (κ1) is 12.6. The maximum absolute atomic E-state index is 12.1. The zero-order chi connectivity index (χ0) is 12.3. The van der Waals surface area contributed by atoms with E-state index in [1.54, 1.807) is 0 Å². The number of amides is 1. The number of halogens is 1. The molecule has 1 aromatic rings. The van der Waals surface area contributed by atoms with Crippen LogP contribution >= 0.6 is 15.9 Å². The Labute approximate surface area is 111 Å². The van der Waals surface area contributed by atoms with Crippen molar-refractivity contribution in [2.45, 2.75) is 38.6 Å². The predicted molar refractivity (Wildman–Crippen MR) is 73.0 cm³/mol. The maximum Gasteiger partial charge on any atom is 0.252 e. The number of benzene rings is 1. The molecule has 0 heterocycles. The zero-order valence-electron chi connectivity index (χ0n) is 10.1. The summed E-state index contributed by atoms with van der Waals surface area (Å²) in [6.45, 7) is 2.23. The molecule has 92 valence electrons. The van der Waals surface area contributed by atoms with Crippen molar-refractivity contribution in [2.75, 3.05) is 0 Å². The van der Waals surface area contributed by atoms with Gasteiger partial charge in [0.1, 0.15) is 0 Å². The lowest BCUT2D eigenvalue weighted by atomic mass is 9.86. The Kier molecular flexibility index (Phi) is 4.21. The van der Waals surface area contributed by atoms with Crippen LogP contribution < -0.4 is 5.32 Å². The van der Waals surface area contributed by atoms with Gasteiger partial charge >= 0.3 is 0 Å². The van der Waals surface area contributed by atoms with Crippen LogP contribution in [0.1, 0.15) is 43.0 Å². The van der Waals surface area contributed by atoms with Crippen LogP contribution in [-0.4, -0.2) is 11.9 Å². The summed E-state index contributed by atoms with van der Waals surface area (Å²) < 4.78 is 0.862. The van der Waals surface area contributed by atoms with Crippen molar-refractivity contribution < 1.29 is 4.79 Å². The summed E-state index contributed by atoms with van der Waals surface area (Å²) in [5.74, 6) is 0.631. The Morgan fingerprint density at radius 2 is 2.00 bits per heavy atom. The van der Waals surface area contributed by atoms with E-state index < -0.39 is 0 Å². The third-order valence-electron chi connectivity index (χ3n) is 3.55. The van der Waals surface area contributed by atoms with Gasteiger partial charge in [0.2, 0.25) is 0 Å². The van der Waals surface area contributed by atoms with E-state index in [9.17, 15) is 4.79 Å². The zero-order valence-corrected chi connectivity index (χ0v) is 11.7. The van der Waals surface area contributed by atoms with E-state index in [0.717, 1.165) is 16.5 Å². The number of carbonyl (C=O) groups excluding carboxylic acids is 1. The Morgan fingerprint density at radius 1 is 1.29 bits per heavy atom. The van der Waals surface area contributed by atoms with Crippen LogP contribution in [0.3, 0.4) is 0 Å². The number of hydrogen-bond acceptors (Lipinski definition) is 1. The molecule has 0 spiro atoms. The smallest absolute Gasteiger partial charge is 0.252 e. The molecule has 17 heavy (non-hydrogen) atoms. The van der Waals surface area contributed by atoms with E-state index in [2.05, 4.69) is 28.2 Å². The van der Waals surface area contributed by atoms with Gasteiger partial charge < -0.3 is 5.32 Å². The van der Waals surface area contributed by atoms with Crippen molar-refractivity contribution in [3.05, 3.63) is 34.3 Å². The largest absolute Gasteiger partial charge is 0.349 e. The molecule has 2 unspecified atom stereocenters. The summed E-state index contributed by atoms with van der Waals surface area (Å²) >= 11 is 3.42. The van der Waals surface area contributed by atoms with E-state index in [0.29, 0.717) is 12.0 Å². The first-order chi connectivity index (χ1) is 8.18. The van der Waals surface area contributed by atoms with Gasteiger partial charge in [0.25, 0.3) is 5.91 Å². The number of nitrogens with one attached hydrogen (secondary N) is 1. The van der Waals surface area contributed by atoms with Crippen LogP contribution in [0.2, 0.25) is 0 Å². The highest BCUT2D eigenvalue weighted by atomic mass is 79.9.